The number of benzene rings is 1. The number of carbonyl (C=O) groups excluding carboxylic acids is 1. The molecule has 25 heavy (non-hydrogen) atoms. The van der Waals surface area contributed by atoms with Crippen molar-refractivity contribution in [2.45, 2.75) is 63.6 Å². The Balaban J connectivity index is 1.62. The predicted octanol–water partition coefficient (Wildman–Crippen LogP) is 4.25. The number of carbonyl (C=O) groups is 1. The second kappa shape index (κ2) is 8.52. The maximum Gasteiger partial charge on any atom is 0.234 e. The third-order valence-corrected chi connectivity index (χ3v) is 5.75. The van der Waals surface area contributed by atoms with Crippen molar-refractivity contribution in [3.8, 4) is 0 Å². The summed E-state index contributed by atoms with van der Waals surface area (Å²) >= 11 is 1.47. The van der Waals surface area contributed by atoms with E-state index in [1.165, 1.54) is 37.4 Å². The van der Waals surface area contributed by atoms with Gasteiger partial charge in [-0.1, -0.05) is 49.7 Å². The minimum absolute atomic E-state index is 0.000954. The molecule has 1 aromatic heterocycles. The van der Waals surface area contributed by atoms with E-state index in [-0.39, 0.29) is 5.91 Å². The molecule has 1 aliphatic rings. The number of rotatable bonds is 7. The molecule has 6 heteroatoms. The summed E-state index contributed by atoms with van der Waals surface area (Å²) in [6.07, 6.45) is 5.87. The van der Waals surface area contributed by atoms with Crippen LogP contribution in [-0.2, 0) is 17.8 Å². The Kier molecular flexibility index (Phi) is 6.13. The van der Waals surface area contributed by atoms with Gasteiger partial charge in [0.1, 0.15) is 5.82 Å². The lowest BCUT2D eigenvalue weighted by Gasteiger charge is -2.12. The van der Waals surface area contributed by atoms with Gasteiger partial charge in [0, 0.05) is 18.2 Å². The molecule has 1 aromatic carbocycles. The summed E-state index contributed by atoms with van der Waals surface area (Å²) < 4.78 is 2.17. The number of amides is 1. The van der Waals surface area contributed by atoms with Crippen molar-refractivity contribution in [1.82, 2.24) is 14.8 Å². The third-order valence-electron chi connectivity index (χ3n) is 4.79. The highest BCUT2D eigenvalue weighted by Crippen LogP contribution is 2.34. The first-order valence-electron chi connectivity index (χ1n) is 9.16. The zero-order valence-electron chi connectivity index (χ0n) is 15.0. The van der Waals surface area contributed by atoms with E-state index in [0.717, 1.165) is 35.2 Å². The fourth-order valence-corrected chi connectivity index (χ4v) is 4.27. The molecule has 134 valence electrons. The molecule has 5 nitrogen and oxygen atoms in total. The highest BCUT2D eigenvalue weighted by atomic mass is 32.2. The number of aromatic nitrogens is 3. The van der Waals surface area contributed by atoms with Crippen LogP contribution in [0.25, 0.3) is 0 Å². The smallest absolute Gasteiger partial charge is 0.234 e. The Morgan fingerprint density at radius 3 is 2.72 bits per heavy atom. The van der Waals surface area contributed by atoms with Crippen LogP contribution in [0.2, 0.25) is 0 Å². The average molecular weight is 359 g/mol. The molecule has 1 saturated carbocycles. The molecule has 0 bridgehead atoms. The van der Waals surface area contributed by atoms with Gasteiger partial charge in [-0.15, -0.1) is 10.2 Å². The van der Waals surface area contributed by atoms with Gasteiger partial charge in [0.05, 0.1) is 5.75 Å². The molecular weight excluding hydrogens is 332 g/mol. The number of nitrogens with zero attached hydrogens (tertiary/aromatic N) is 3. The van der Waals surface area contributed by atoms with Crippen LogP contribution in [0.4, 0.5) is 5.69 Å². The average Bonchev–Trinajstić information content (AvgIpc) is 3.29. The van der Waals surface area contributed by atoms with Gasteiger partial charge in [-0.25, -0.2) is 0 Å². The molecule has 0 atom stereocenters. The van der Waals surface area contributed by atoms with Gasteiger partial charge < -0.3 is 9.88 Å². The van der Waals surface area contributed by atoms with Crippen molar-refractivity contribution in [3.05, 3.63) is 35.7 Å². The molecule has 1 fully saturated rings. The summed E-state index contributed by atoms with van der Waals surface area (Å²) in [6, 6.07) is 7.94. The van der Waals surface area contributed by atoms with Crippen molar-refractivity contribution in [3.63, 3.8) is 0 Å². The van der Waals surface area contributed by atoms with Crippen molar-refractivity contribution in [2.24, 2.45) is 0 Å². The Labute approximate surface area is 153 Å². The monoisotopic (exact) mass is 358 g/mol. The van der Waals surface area contributed by atoms with Gasteiger partial charge in [-0.2, -0.15) is 0 Å². The van der Waals surface area contributed by atoms with Gasteiger partial charge in [0.15, 0.2) is 5.16 Å². The van der Waals surface area contributed by atoms with Gasteiger partial charge >= 0.3 is 0 Å². The van der Waals surface area contributed by atoms with E-state index < -0.39 is 0 Å². The molecule has 0 radical (unpaired) electrons. The maximum atomic E-state index is 12.3. The van der Waals surface area contributed by atoms with Crippen LogP contribution in [0.3, 0.4) is 0 Å². The van der Waals surface area contributed by atoms with Crippen molar-refractivity contribution >= 4 is 23.4 Å². The predicted molar refractivity (Wildman–Crippen MR) is 102 cm³/mol. The number of para-hydroxylation sites is 1. The van der Waals surface area contributed by atoms with E-state index in [0.29, 0.717) is 11.7 Å². The number of hydrogen-bond donors (Lipinski definition) is 1. The Morgan fingerprint density at radius 1 is 1.24 bits per heavy atom. The molecule has 1 heterocycles. The molecule has 0 spiro atoms. The molecule has 2 aromatic rings. The van der Waals surface area contributed by atoms with Crippen molar-refractivity contribution in [2.75, 3.05) is 11.1 Å². The van der Waals surface area contributed by atoms with Crippen LogP contribution in [0.1, 0.15) is 56.8 Å². The fourth-order valence-electron chi connectivity index (χ4n) is 3.46. The fraction of sp³-hybridized carbons (Fsp3) is 0.526. The Bertz CT molecular complexity index is 722. The molecule has 1 N–H and O–H groups in total. The largest absolute Gasteiger partial charge is 0.325 e. The Hall–Kier alpha value is -1.82. The molecule has 0 unspecified atom stereocenters. The van der Waals surface area contributed by atoms with Gasteiger partial charge in [-0.3, -0.25) is 4.79 Å². The summed E-state index contributed by atoms with van der Waals surface area (Å²) in [5.41, 5.74) is 2.06. The second-order valence-electron chi connectivity index (χ2n) is 6.41. The third kappa shape index (κ3) is 4.24. The summed E-state index contributed by atoms with van der Waals surface area (Å²) in [4.78, 5) is 12.3. The molecule has 1 aliphatic carbocycles. The topological polar surface area (TPSA) is 59.8 Å². The first kappa shape index (κ1) is 18.0. The number of aryl methyl sites for hydroxylation is 1. The summed E-state index contributed by atoms with van der Waals surface area (Å²) in [5.74, 6) is 1.98. The lowest BCUT2D eigenvalue weighted by molar-refractivity contribution is -0.113. The van der Waals surface area contributed by atoms with Crippen LogP contribution < -0.4 is 5.32 Å². The van der Waals surface area contributed by atoms with Gasteiger partial charge in [0.2, 0.25) is 5.91 Å². The Morgan fingerprint density at radius 2 is 2.00 bits per heavy atom. The first-order valence-corrected chi connectivity index (χ1v) is 10.1. The van der Waals surface area contributed by atoms with Crippen LogP contribution >= 0.6 is 11.8 Å². The van der Waals surface area contributed by atoms with Gasteiger partial charge in [0.25, 0.3) is 0 Å². The van der Waals surface area contributed by atoms with E-state index in [9.17, 15) is 4.79 Å². The van der Waals surface area contributed by atoms with Crippen LogP contribution in [-0.4, -0.2) is 26.4 Å². The van der Waals surface area contributed by atoms with Crippen LogP contribution in [0.5, 0.6) is 0 Å². The highest BCUT2D eigenvalue weighted by Gasteiger charge is 2.24. The molecule has 0 saturated heterocycles. The standard InChI is InChI=1S/C19H26N4OS/c1-3-14-9-7-8-12-16(14)20-17(24)13-25-19-22-21-18(23(19)4-2)15-10-5-6-11-15/h7-9,12,15H,3-6,10-11,13H2,1-2H3,(H,20,24). The zero-order chi connectivity index (χ0) is 17.6. The van der Waals surface area contributed by atoms with Crippen molar-refractivity contribution < 1.29 is 4.79 Å². The van der Waals surface area contributed by atoms with E-state index in [1.54, 1.807) is 0 Å². The van der Waals surface area contributed by atoms with Crippen LogP contribution in [0.15, 0.2) is 29.4 Å². The molecule has 0 aliphatic heterocycles. The second-order valence-corrected chi connectivity index (χ2v) is 7.36. The number of nitrogens with one attached hydrogen (secondary N) is 1. The normalized spacial score (nSPS) is 14.8. The first-order chi connectivity index (χ1) is 12.2. The zero-order valence-corrected chi connectivity index (χ0v) is 15.8. The van der Waals surface area contributed by atoms with Crippen LogP contribution in [0, 0.1) is 0 Å². The summed E-state index contributed by atoms with van der Waals surface area (Å²) in [5, 5.41) is 12.6. The SMILES string of the molecule is CCc1ccccc1NC(=O)CSc1nnc(C2CCCC2)n1CC. The van der Waals surface area contributed by atoms with E-state index in [2.05, 4.69) is 33.9 Å². The summed E-state index contributed by atoms with van der Waals surface area (Å²) in [7, 11) is 0. The molecule has 3 rings (SSSR count). The number of anilines is 1. The van der Waals surface area contributed by atoms with E-state index in [4.69, 9.17) is 0 Å². The maximum absolute atomic E-state index is 12.3. The lowest BCUT2D eigenvalue weighted by Crippen LogP contribution is -2.16. The highest BCUT2D eigenvalue weighted by molar-refractivity contribution is 7.99. The molecule has 1 amide bonds. The number of hydrogen-bond acceptors (Lipinski definition) is 4. The number of thioether (sulfide) groups is 1. The van der Waals surface area contributed by atoms with E-state index >= 15 is 0 Å². The minimum Gasteiger partial charge on any atom is -0.325 e. The van der Waals surface area contributed by atoms with E-state index in [1.807, 2.05) is 24.3 Å². The van der Waals surface area contributed by atoms with Gasteiger partial charge in [-0.05, 0) is 37.8 Å². The molecular formula is C19H26N4OS. The quantitative estimate of drug-likeness (QED) is 0.752. The summed E-state index contributed by atoms with van der Waals surface area (Å²) in [6.45, 7) is 5.05. The van der Waals surface area contributed by atoms with Crippen molar-refractivity contribution in [1.29, 1.82) is 0 Å². The minimum atomic E-state index is -0.000954. The lowest BCUT2D eigenvalue weighted by atomic mass is 10.1.